The third-order valence-electron chi connectivity index (χ3n) is 3.63. The van der Waals surface area contributed by atoms with Crippen LogP contribution in [0, 0.1) is 11.8 Å². The molecular weight excluding hydrogens is 324 g/mol. The number of hydrogen-bond donors (Lipinski definition) is 1. The number of sulfone groups is 1. The standard InChI is InChI=1S/C18H18N2O3S/c1-24(21,22)18-6-2-5-16(11-18)23-17-10-14(12-19-13-17)7-8-15-4-3-9-20-15/h2,5-6,10-13,15,20H,3-4,9H2,1H3/t15-/m1/s1. The zero-order valence-corrected chi connectivity index (χ0v) is 14.1. The molecule has 0 radical (unpaired) electrons. The molecular formula is C18H18N2O3S. The topological polar surface area (TPSA) is 68.3 Å². The van der Waals surface area contributed by atoms with E-state index in [9.17, 15) is 8.42 Å². The van der Waals surface area contributed by atoms with Crippen molar-refractivity contribution in [3.63, 3.8) is 0 Å². The third-order valence-corrected chi connectivity index (χ3v) is 4.74. The smallest absolute Gasteiger partial charge is 0.175 e. The van der Waals surface area contributed by atoms with Gasteiger partial charge in [0.25, 0.3) is 0 Å². The Morgan fingerprint density at radius 3 is 2.88 bits per heavy atom. The van der Waals surface area contributed by atoms with E-state index in [-0.39, 0.29) is 10.9 Å². The monoisotopic (exact) mass is 342 g/mol. The number of aromatic nitrogens is 1. The number of nitrogens with zero attached hydrogens (tertiary/aromatic N) is 1. The summed E-state index contributed by atoms with van der Waals surface area (Å²) in [5.74, 6) is 7.25. The van der Waals surface area contributed by atoms with Gasteiger partial charge in [-0.25, -0.2) is 8.42 Å². The van der Waals surface area contributed by atoms with Gasteiger partial charge in [0.1, 0.15) is 11.5 Å². The van der Waals surface area contributed by atoms with Crippen LogP contribution in [0.2, 0.25) is 0 Å². The maximum absolute atomic E-state index is 11.6. The normalized spacial score (nSPS) is 17.1. The molecule has 0 amide bonds. The zero-order chi connectivity index (χ0) is 17.0. The molecule has 1 aliphatic rings. The number of rotatable bonds is 3. The second-order valence-corrected chi connectivity index (χ2v) is 7.69. The van der Waals surface area contributed by atoms with E-state index in [2.05, 4.69) is 22.1 Å². The second-order valence-electron chi connectivity index (χ2n) is 5.68. The van der Waals surface area contributed by atoms with Gasteiger partial charge in [0.05, 0.1) is 17.1 Å². The Morgan fingerprint density at radius 1 is 1.25 bits per heavy atom. The second kappa shape index (κ2) is 7.04. The van der Waals surface area contributed by atoms with Gasteiger partial charge < -0.3 is 10.1 Å². The predicted molar refractivity (Wildman–Crippen MR) is 91.8 cm³/mol. The van der Waals surface area contributed by atoms with Crippen molar-refractivity contribution in [2.45, 2.75) is 23.8 Å². The average molecular weight is 342 g/mol. The zero-order valence-electron chi connectivity index (χ0n) is 13.3. The van der Waals surface area contributed by atoms with Crippen LogP contribution in [0.15, 0.2) is 47.6 Å². The third kappa shape index (κ3) is 4.34. The molecule has 0 unspecified atom stereocenters. The molecule has 0 spiro atoms. The molecule has 0 aliphatic carbocycles. The molecule has 1 aliphatic heterocycles. The highest BCUT2D eigenvalue weighted by molar-refractivity contribution is 7.90. The molecule has 0 bridgehead atoms. The first-order valence-corrected chi connectivity index (χ1v) is 9.58. The quantitative estimate of drug-likeness (QED) is 0.868. The van der Waals surface area contributed by atoms with Gasteiger partial charge in [-0.3, -0.25) is 4.98 Å². The van der Waals surface area contributed by atoms with E-state index >= 15 is 0 Å². The minimum absolute atomic E-state index is 0.219. The molecule has 0 saturated carbocycles. The van der Waals surface area contributed by atoms with Gasteiger partial charge >= 0.3 is 0 Å². The Hall–Kier alpha value is -2.36. The lowest BCUT2D eigenvalue weighted by atomic mass is 10.2. The summed E-state index contributed by atoms with van der Waals surface area (Å²) in [5.41, 5.74) is 0.764. The molecule has 3 rings (SSSR count). The highest BCUT2D eigenvalue weighted by atomic mass is 32.2. The summed E-state index contributed by atoms with van der Waals surface area (Å²) < 4.78 is 28.9. The van der Waals surface area contributed by atoms with Crippen molar-refractivity contribution in [1.29, 1.82) is 0 Å². The first kappa shape index (κ1) is 16.5. The van der Waals surface area contributed by atoms with E-state index in [1.54, 1.807) is 30.6 Å². The van der Waals surface area contributed by atoms with Gasteiger partial charge in [0.2, 0.25) is 0 Å². The van der Waals surface area contributed by atoms with Crippen LogP contribution in [0.4, 0.5) is 0 Å². The van der Waals surface area contributed by atoms with Crippen LogP contribution < -0.4 is 10.1 Å². The fourth-order valence-electron chi connectivity index (χ4n) is 2.43. The fourth-order valence-corrected chi connectivity index (χ4v) is 3.08. The Bertz CT molecular complexity index is 892. The lowest BCUT2D eigenvalue weighted by Crippen LogP contribution is -2.18. The van der Waals surface area contributed by atoms with Crippen LogP contribution in [-0.2, 0) is 9.84 Å². The summed E-state index contributed by atoms with van der Waals surface area (Å²) in [6, 6.07) is 8.42. The van der Waals surface area contributed by atoms with Crippen LogP contribution in [0.3, 0.4) is 0 Å². The highest BCUT2D eigenvalue weighted by Crippen LogP contribution is 2.24. The van der Waals surface area contributed by atoms with Crippen molar-refractivity contribution in [2.24, 2.45) is 0 Å². The Labute approximate surface area is 142 Å². The molecule has 124 valence electrons. The molecule has 6 heteroatoms. The maximum Gasteiger partial charge on any atom is 0.175 e. The summed E-state index contributed by atoms with van der Waals surface area (Å²) in [6.07, 6.45) is 6.64. The van der Waals surface area contributed by atoms with Crippen molar-refractivity contribution in [3.05, 3.63) is 48.3 Å². The van der Waals surface area contributed by atoms with E-state index in [1.165, 1.54) is 18.4 Å². The van der Waals surface area contributed by atoms with Crippen molar-refractivity contribution in [1.82, 2.24) is 10.3 Å². The van der Waals surface area contributed by atoms with Crippen molar-refractivity contribution in [3.8, 4) is 23.3 Å². The average Bonchev–Trinajstić information content (AvgIpc) is 3.06. The molecule has 5 nitrogen and oxygen atoms in total. The maximum atomic E-state index is 11.6. The molecule has 2 heterocycles. The number of benzene rings is 1. The molecule has 1 atom stereocenters. The number of ether oxygens (including phenoxy) is 1. The Balaban J connectivity index is 1.77. The molecule has 1 saturated heterocycles. The molecule has 1 aromatic heterocycles. The number of hydrogen-bond acceptors (Lipinski definition) is 5. The van der Waals surface area contributed by atoms with Crippen LogP contribution >= 0.6 is 0 Å². The van der Waals surface area contributed by atoms with Gasteiger partial charge in [0, 0.05) is 18.0 Å². The predicted octanol–water partition coefficient (Wildman–Crippen LogP) is 2.38. The van der Waals surface area contributed by atoms with Crippen molar-refractivity contribution in [2.75, 3.05) is 12.8 Å². The molecule has 24 heavy (non-hydrogen) atoms. The van der Waals surface area contributed by atoms with E-state index in [0.29, 0.717) is 11.5 Å². The number of nitrogens with one attached hydrogen (secondary N) is 1. The SMILES string of the molecule is CS(=O)(=O)c1cccc(Oc2cncc(C#C[C@H]3CCCN3)c2)c1. The van der Waals surface area contributed by atoms with E-state index in [1.807, 2.05) is 0 Å². The summed E-state index contributed by atoms with van der Waals surface area (Å²) in [7, 11) is -3.27. The Morgan fingerprint density at radius 2 is 2.12 bits per heavy atom. The Kier molecular flexibility index (Phi) is 4.84. The van der Waals surface area contributed by atoms with Crippen LogP contribution in [0.25, 0.3) is 0 Å². The van der Waals surface area contributed by atoms with Crippen LogP contribution in [0.1, 0.15) is 18.4 Å². The van der Waals surface area contributed by atoms with Crippen molar-refractivity contribution >= 4 is 9.84 Å². The van der Waals surface area contributed by atoms with Gasteiger partial charge in [-0.2, -0.15) is 0 Å². The van der Waals surface area contributed by atoms with E-state index < -0.39 is 9.84 Å². The highest BCUT2D eigenvalue weighted by Gasteiger charge is 2.10. The van der Waals surface area contributed by atoms with Crippen molar-refractivity contribution < 1.29 is 13.2 Å². The van der Waals surface area contributed by atoms with Crippen LogP contribution in [0.5, 0.6) is 11.5 Å². The number of pyridine rings is 1. The molecule has 1 aromatic carbocycles. The molecule has 1 fully saturated rings. The fraction of sp³-hybridized carbons (Fsp3) is 0.278. The summed E-state index contributed by atoms with van der Waals surface area (Å²) in [6.45, 7) is 1.01. The summed E-state index contributed by atoms with van der Waals surface area (Å²) in [4.78, 5) is 4.35. The van der Waals surface area contributed by atoms with Gasteiger partial charge in [-0.15, -0.1) is 0 Å². The van der Waals surface area contributed by atoms with Gasteiger partial charge in [-0.1, -0.05) is 17.9 Å². The minimum atomic E-state index is -3.27. The lowest BCUT2D eigenvalue weighted by Gasteiger charge is -2.07. The minimum Gasteiger partial charge on any atom is -0.456 e. The first-order valence-electron chi connectivity index (χ1n) is 7.69. The van der Waals surface area contributed by atoms with E-state index in [4.69, 9.17) is 4.74 Å². The summed E-state index contributed by atoms with van der Waals surface area (Å²) in [5, 5.41) is 3.32. The van der Waals surface area contributed by atoms with Gasteiger partial charge in [0.15, 0.2) is 9.84 Å². The molecule has 1 N–H and O–H groups in total. The van der Waals surface area contributed by atoms with Crippen LogP contribution in [-0.4, -0.2) is 32.2 Å². The van der Waals surface area contributed by atoms with Gasteiger partial charge in [-0.05, 0) is 43.7 Å². The lowest BCUT2D eigenvalue weighted by molar-refractivity contribution is 0.478. The summed E-state index contributed by atoms with van der Waals surface area (Å²) >= 11 is 0. The molecule has 2 aromatic rings. The van der Waals surface area contributed by atoms with E-state index in [0.717, 1.165) is 24.9 Å². The first-order chi connectivity index (χ1) is 11.5. The largest absolute Gasteiger partial charge is 0.456 e.